The van der Waals surface area contributed by atoms with Gasteiger partial charge in [-0.25, -0.2) is 0 Å². The zero-order valence-electron chi connectivity index (χ0n) is 14.3. The number of aromatic hydroxyl groups is 1. The minimum absolute atomic E-state index is 0.165. The zero-order chi connectivity index (χ0) is 15.6. The van der Waals surface area contributed by atoms with Crippen molar-refractivity contribution in [3.8, 4) is 5.75 Å². The van der Waals surface area contributed by atoms with E-state index in [9.17, 15) is 5.11 Å². The van der Waals surface area contributed by atoms with Crippen LogP contribution >= 0.6 is 8.58 Å². The molecule has 0 saturated carbocycles. The summed E-state index contributed by atoms with van der Waals surface area (Å²) in [4.78, 5) is 0. The summed E-state index contributed by atoms with van der Waals surface area (Å²) in [5.41, 5.74) is 3.29. The Kier molecular flexibility index (Phi) is 11.2. The molecule has 1 aromatic rings. The van der Waals surface area contributed by atoms with Crippen LogP contribution in [0.1, 0.15) is 59.6 Å². The van der Waals surface area contributed by atoms with E-state index in [1.54, 1.807) is 6.07 Å². The molecule has 0 aliphatic heterocycles. The fourth-order valence-electron chi connectivity index (χ4n) is 1.12. The summed E-state index contributed by atoms with van der Waals surface area (Å²) in [5, 5.41) is 9.31. The Morgan fingerprint density at radius 1 is 1.11 bits per heavy atom. The van der Waals surface area contributed by atoms with Crippen LogP contribution in [0.25, 0.3) is 0 Å². The lowest BCUT2D eigenvalue weighted by molar-refractivity contribution is 0.469. The molecule has 1 rings (SSSR count). The van der Waals surface area contributed by atoms with Crippen LogP contribution in [0.3, 0.4) is 0 Å². The van der Waals surface area contributed by atoms with Crippen molar-refractivity contribution in [1.82, 2.24) is 0 Å². The summed E-state index contributed by atoms with van der Waals surface area (Å²) >= 11 is 0. The molecule has 0 aliphatic rings. The average Bonchev–Trinajstić information content (AvgIpc) is 2.34. The minimum atomic E-state index is 0.165. The molecule has 0 aliphatic carbocycles. The second-order valence-electron chi connectivity index (χ2n) is 5.69. The van der Waals surface area contributed by atoms with Crippen molar-refractivity contribution in [2.75, 3.05) is 6.66 Å². The highest BCUT2D eigenvalue weighted by atomic mass is 31.1. The van der Waals surface area contributed by atoms with Gasteiger partial charge >= 0.3 is 0 Å². The molecule has 19 heavy (non-hydrogen) atoms. The van der Waals surface area contributed by atoms with Crippen molar-refractivity contribution in [3.05, 3.63) is 29.3 Å². The van der Waals surface area contributed by atoms with Gasteiger partial charge in [-0.05, 0) is 41.9 Å². The Bertz CT molecular complexity index is 338. The smallest absolute Gasteiger partial charge is 0.118 e. The molecule has 1 nitrogen and oxygen atoms in total. The normalized spacial score (nSPS) is 10.8. The number of phenolic OH excluding ortho intramolecular Hbond substituents is 1. The van der Waals surface area contributed by atoms with Crippen LogP contribution in [0.15, 0.2) is 18.2 Å². The van der Waals surface area contributed by atoms with Crippen molar-refractivity contribution in [2.24, 2.45) is 0 Å². The van der Waals surface area contributed by atoms with Gasteiger partial charge in [-0.1, -0.05) is 60.6 Å². The van der Waals surface area contributed by atoms with Crippen molar-refractivity contribution in [2.45, 2.75) is 66.5 Å². The third-order valence-electron chi connectivity index (χ3n) is 2.64. The third-order valence-corrected chi connectivity index (χ3v) is 3.79. The van der Waals surface area contributed by atoms with Crippen LogP contribution in [-0.4, -0.2) is 17.4 Å². The molecule has 0 amide bonds. The van der Waals surface area contributed by atoms with Gasteiger partial charge < -0.3 is 5.11 Å². The minimum Gasteiger partial charge on any atom is -0.508 e. The van der Waals surface area contributed by atoms with E-state index in [-0.39, 0.29) is 5.41 Å². The van der Waals surface area contributed by atoms with Crippen LogP contribution in [0.2, 0.25) is 0 Å². The molecule has 0 radical (unpaired) electrons. The van der Waals surface area contributed by atoms with Crippen molar-refractivity contribution in [1.29, 1.82) is 0 Å². The van der Waals surface area contributed by atoms with Crippen LogP contribution in [0, 0.1) is 6.92 Å². The predicted octanol–water partition coefficient (Wildman–Crippen LogP) is 5.73. The molecule has 0 spiro atoms. The maximum Gasteiger partial charge on any atom is 0.118 e. The highest BCUT2D eigenvalue weighted by molar-refractivity contribution is 7.37. The van der Waals surface area contributed by atoms with Gasteiger partial charge in [0.2, 0.25) is 0 Å². The highest BCUT2D eigenvalue weighted by Gasteiger charge is 2.13. The Morgan fingerprint density at radius 2 is 1.53 bits per heavy atom. The Hall–Kier alpha value is -0.550. The molecule has 1 aromatic carbocycles. The van der Waals surface area contributed by atoms with Gasteiger partial charge in [-0.2, -0.15) is 0 Å². The molecular weight excluding hydrogens is 251 g/mol. The van der Waals surface area contributed by atoms with E-state index in [2.05, 4.69) is 41.3 Å². The largest absolute Gasteiger partial charge is 0.508 e. The van der Waals surface area contributed by atoms with E-state index < -0.39 is 0 Å². The molecule has 2 heteroatoms. The monoisotopic (exact) mass is 284 g/mol. The van der Waals surface area contributed by atoms with E-state index in [0.29, 0.717) is 5.75 Å². The average molecular weight is 284 g/mol. The summed E-state index contributed by atoms with van der Waals surface area (Å²) in [6, 6.07) is 5.77. The fourth-order valence-corrected chi connectivity index (χ4v) is 1.12. The van der Waals surface area contributed by atoms with E-state index >= 15 is 0 Å². The van der Waals surface area contributed by atoms with Gasteiger partial charge in [0.05, 0.1) is 0 Å². The third kappa shape index (κ3) is 9.96. The Balaban J connectivity index is 0. The molecule has 0 aromatic heterocycles. The molecule has 1 N–H and O–H groups in total. The van der Waals surface area contributed by atoms with E-state index in [1.807, 2.05) is 32.9 Å². The number of hydrogen-bond acceptors (Lipinski definition) is 1. The predicted molar refractivity (Wildman–Crippen MR) is 92.3 cm³/mol. The van der Waals surface area contributed by atoms with E-state index in [1.165, 1.54) is 5.56 Å². The number of benzene rings is 1. The van der Waals surface area contributed by atoms with Crippen molar-refractivity contribution >= 4 is 8.58 Å². The molecule has 1 atom stereocenters. The van der Waals surface area contributed by atoms with Crippen LogP contribution in [0.4, 0.5) is 0 Å². The topological polar surface area (TPSA) is 20.2 Å². The first-order valence-corrected chi connectivity index (χ1v) is 8.73. The molecular formula is C17H33OP. The first-order valence-electron chi connectivity index (χ1n) is 7.16. The fraction of sp³-hybridized carbons (Fsp3) is 0.647. The maximum atomic E-state index is 9.31. The van der Waals surface area contributed by atoms with E-state index in [4.69, 9.17) is 0 Å². The maximum absolute atomic E-state index is 9.31. The molecule has 0 bridgehead atoms. The van der Waals surface area contributed by atoms with Gasteiger partial charge in [0.15, 0.2) is 0 Å². The lowest BCUT2D eigenvalue weighted by Crippen LogP contribution is -2.10. The van der Waals surface area contributed by atoms with Gasteiger partial charge in [-0.3, -0.25) is 0 Å². The van der Waals surface area contributed by atoms with Gasteiger partial charge in [0, 0.05) is 0 Å². The Morgan fingerprint density at radius 3 is 1.79 bits per heavy atom. The van der Waals surface area contributed by atoms with E-state index in [0.717, 1.165) is 19.8 Å². The summed E-state index contributed by atoms with van der Waals surface area (Å²) < 4.78 is 0. The second kappa shape index (κ2) is 10.3. The lowest BCUT2D eigenvalue weighted by atomic mass is 9.86. The summed E-state index contributed by atoms with van der Waals surface area (Å²) in [5.74, 6) is 0.378. The van der Waals surface area contributed by atoms with Gasteiger partial charge in [-0.15, -0.1) is 8.58 Å². The number of hydrogen-bond donors (Lipinski definition) is 1. The zero-order valence-corrected chi connectivity index (χ0v) is 15.3. The van der Waals surface area contributed by atoms with Crippen LogP contribution in [0.5, 0.6) is 5.75 Å². The molecule has 0 saturated heterocycles. The quantitative estimate of drug-likeness (QED) is 0.653. The summed E-state index contributed by atoms with van der Waals surface area (Å²) in [6.07, 6.45) is 0. The van der Waals surface area contributed by atoms with Crippen LogP contribution < -0.4 is 0 Å². The summed E-state index contributed by atoms with van der Waals surface area (Å²) in [6.45, 7) is 19.1. The van der Waals surface area contributed by atoms with Crippen molar-refractivity contribution in [3.63, 3.8) is 0 Å². The van der Waals surface area contributed by atoms with Gasteiger partial charge in [0.25, 0.3) is 0 Å². The SMILES string of the molecule is CC.CPC(C)C.Cc1cc(C(C)(C)C)ccc1O. The number of phenols is 1. The highest BCUT2D eigenvalue weighted by Crippen LogP contribution is 2.26. The first-order chi connectivity index (χ1) is 8.68. The second-order valence-corrected chi connectivity index (χ2v) is 7.43. The Labute approximate surface area is 122 Å². The van der Waals surface area contributed by atoms with Gasteiger partial charge in [0.1, 0.15) is 5.75 Å². The molecule has 1 unspecified atom stereocenters. The molecule has 112 valence electrons. The number of rotatable bonds is 1. The molecule has 0 heterocycles. The molecule has 0 fully saturated rings. The van der Waals surface area contributed by atoms with Crippen molar-refractivity contribution < 1.29 is 5.11 Å². The number of aryl methyl sites for hydroxylation is 1. The summed E-state index contributed by atoms with van der Waals surface area (Å²) in [7, 11) is 1.11. The van der Waals surface area contributed by atoms with Crippen LogP contribution in [-0.2, 0) is 5.41 Å². The first kappa shape index (κ1) is 20.8. The standard InChI is InChI=1S/C11H16O.C4H11P.C2H6/c1-8-7-9(11(2,3)4)5-6-10(8)12;1-4(2)5-3;1-2/h5-7,12H,1-4H3;4-5H,1-3H3;1-2H3. The lowest BCUT2D eigenvalue weighted by Gasteiger charge is -2.19.